The molecule has 2 aromatic carbocycles. The third kappa shape index (κ3) is 5.09. The van der Waals surface area contributed by atoms with Gasteiger partial charge in [-0.05, 0) is 42.3 Å². The van der Waals surface area contributed by atoms with Gasteiger partial charge in [0.15, 0.2) is 0 Å². The van der Waals surface area contributed by atoms with E-state index in [0.717, 1.165) is 15.4 Å². The van der Waals surface area contributed by atoms with Crippen molar-refractivity contribution in [1.29, 1.82) is 5.26 Å². The van der Waals surface area contributed by atoms with E-state index in [1.54, 1.807) is 50.2 Å². The molecule has 0 aliphatic heterocycles. The molecule has 0 saturated heterocycles. The van der Waals surface area contributed by atoms with Gasteiger partial charge in [0.25, 0.3) is 0 Å². The van der Waals surface area contributed by atoms with Crippen molar-refractivity contribution < 1.29 is 17.9 Å². The van der Waals surface area contributed by atoms with E-state index < -0.39 is 15.9 Å². The Labute approximate surface area is 165 Å². The summed E-state index contributed by atoms with van der Waals surface area (Å²) in [5.74, 6) is -0.220. The number of methoxy groups -OCH3 is 1. The van der Waals surface area contributed by atoms with Crippen LogP contribution in [-0.2, 0) is 21.2 Å². The first kappa shape index (κ1) is 21.4. The molecule has 0 atom stereocenters. The number of amides is 1. The highest BCUT2D eigenvalue weighted by Gasteiger charge is 2.28. The molecule has 28 heavy (non-hydrogen) atoms. The molecule has 0 aliphatic rings. The number of sulfonamides is 1. The molecular weight excluding hydrogens is 378 g/mol. The number of likely N-dealkylation sites (N-methyl/N-ethyl adjacent to an activating group) is 1. The highest BCUT2D eigenvalue weighted by molar-refractivity contribution is 7.89. The van der Waals surface area contributed by atoms with Gasteiger partial charge in [0.05, 0.1) is 26.1 Å². The second-order valence-corrected chi connectivity index (χ2v) is 8.07. The van der Waals surface area contributed by atoms with E-state index in [2.05, 4.69) is 11.4 Å². The van der Waals surface area contributed by atoms with Gasteiger partial charge >= 0.3 is 0 Å². The van der Waals surface area contributed by atoms with Crippen molar-refractivity contribution in [3.63, 3.8) is 0 Å². The average molecular weight is 401 g/mol. The Bertz CT molecular complexity index is 980. The van der Waals surface area contributed by atoms with Crippen molar-refractivity contribution in [2.24, 2.45) is 0 Å². The first-order valence-electron chi connectivity index (χ1n) is 8.72. The molecule has 2 rings (SSSR count). The molecule has 0 saturated carbocycles. The van der Waals surface area contributed by atoms with Gasteiger partial charge in [0, 0.05) is 12.2 Å². The van der Waals surface area contributed by atoms with Crippen molar-refractivity contribution in [3.05, 3.63) is 53.6 Å². The summed E-state index contributed by atoms with van der Waals surface area (Å²) >= 11 is 0. The number of hydrogen-bond donors (Lipinski definition) is 1. The minimum atomic E-state index is -3.91. The van der Waals surface area contributed by atoms with E-state index in [1.807, 2.05) is 0 Å². The van der Waals surface area contributed by atoms with Crippen LogP contribution in [0.5, 0.6) is 5.75 Å². The summed E-state index contributed by atoms with van der Waals surface area (Å²) < 4.78 is 32.4. The van der Waals surface area contributed by atoms with Crippen LogP contribution in [-0.4, -0.2) is 38.8 Å². The zero-order valence-electron chi connectivity index (χ0n) is 16.1. The summed E-state index contributed by atoms with van der Waals surface area (Å²) in [7, 11) is -2.50. The van der Waals surface area contributed by atoms with E-state index in [1.165, 1.54) is 13.2 Å². The molecule has 7 nitrogen and oxygen atoms in total. The molecule has 0 aliphatic carbocycles. The Hall–Kier alpha value is -2.89. The van der Waals surface area contributed by atoms with Crippen LogP contribution in [0.4, 0.5) is 5.69 Å². The average Bonchev–Trinajstić information content (AvgIpc) is 2.67. The number of anilines is 1. The molecule has 0 unspecified atom stereocenters. The van der Waals surface area contributed by atoms with E-state index in [9.17, 15) is 13.2 Å². The summed E-state index contributed by atoms with van der Waals surface area (Å²) in [4.78, 5) is 12.4. The zero-order chi connectivity index (χ0) is 20.7. The number of ether oxygens (including phenoxy) is 1. The predicted octanol–water partition coefficient (Wildman–Crippen LogP) is 2.72. The number of rotatable bonds is 8. The lowest BCUT2D eigenvalue weighted by atomic mass is 10.1. The van der Waals surface area contributed by atoms with Gasteiger partial charge in [-0.15, -0.1) is 0 Å². The van der Waals surface area contributed by atoms with Gasteiger partial charge in [-0.25, -0.2) is 8.42 Å². The minimum absolute atomic E-state index is 0.0329. The van der Waals surface area contributed by atoms with Crippen LogP contribution < -0.4 is 10.1 Å². The number of aryl methyl sites for hydroxylation is 1. The van der Waals surface area contributed by atoms with Crippen LogP contribution in [0.1, 0.15) is 18.1 Å². The van der Waals surface area contributed by atoms with Crippen LogP contribution in [0.2, 0.25) is 0 Å². The molecule has 1 amide bonds. The van der Waals surface area contributed by atoms with Gasteiger partial charge in [0.2, 0.25) is 15.9 Å². The first-order valence-corrected chi connectivity index (χ1v) is 10.2. The predicted molar refractivity (Wildman–Crippen MR) is 107 cm³/mol. The van der Waals surface area contributed by atoms with Gasteiger partial charge < -0.3 is 10.1 Å². The molecule has 0 bridgehead atoms. The van der Waals surface area contributed by atoms with Crippen molar-refractivity contribution >= 4 is 21.6 Å². The lowest BCUT2D eigenvalue weighted by molar-refractivity contribution is -0.116. The van der Waals surface area contributed by atoms with Crippen LogP contribution in [0.3, 0.4) is 0 Å². The molecular formula is C20H23N3O4S. The normalized spacial score (nSPS) is 11.1. The van der Waals surface area contributed by atoms with Crippen LogP contribution in [0.25, 0.3) is 0 Å². The number of carbonyl (C=O) groups is 1. The fraction of sp³-hybridized carbons (Fsp3) is 0.300. The molecule has 0 fully saturated rings. The monoisotopic (exact) mass is 401 g/mol. The third-order valence-corrected chi connectivity index (χ3v) is 6.07. The van der Waals surface area contributed by atoms with Crippen molar-refractivity contribution in [1.82, 2.24) is 4.31 Å². The van der Waals surface area contributed by atoms with Crippen LogP contribution >= 0.6 is 0 Å². The van der Waals surface area contributed by atoms with E-state index in [0.29, 0.717) is 5.69 Å². The number of nitrogens with zero attached hydrogens (tertiary/aromatic N) is 2. The number of benzene rings is 2. The maximum Gasteiger partial charge on any atom is 0.247 e. The molecule has 0 spiro atoms. The largest absolute Gasteiger partial charge is 0.495 e. The Balaban J connectivity index is 2.17. The zero-order valence-corrected chi connectivity index (χ0v) is 16.9. The van der Waals surface area contributed by atoms with Crippen molar-refractivity contribution in [3.8, 4) is 11.8 Å². The maximum absolute atomic E-state index is 13.0. The molecule has 2 aromatic rings. The molecule has 0 radical (unpaired) electrons. The number of nitrogens with one attached hydrogen (secondary N) is 1. The van der Waals surface area contributed by atoms with Crippen molar-refractivity contribution in [2.45, 2.75) is 25.2 Å². The fourth-order valence-corrected chi connectivity index (χ4v) is 4.29. The van der Waals surface area contributed by atoms with Gasteiger partial charge in [-0.2, -0.15) is 9.57 Å². The van der Waals surface area contributed by atoms with Gasteiger partial charge in [-0.1, -0.05) is 25.1 Å². The van der Waals surface area contributed by atoms with Crippen molar-refractivity contribution in [2.75, 3.05) is 25.5 Å². The Morgan fingerprint density at radius 1 is 1.21 bits per heavy atom. The molecule has 0 heterocycles. The lowest BCUT2D eigenvalue weighted by Gasteiger charge is -2.21. The lowest BCUT2D eigenvalue weighted by Crippen LogP contribution is -2.38. The van der Waals surface area contributed by atoms with Gasteiger partial charge in [-0.3, -0.25) is 4.79 Å². The second-order valence-electron chi connectivity index (χ2n) is 6.17. The smallest absolute Gasteiger partial charge is 0.247 e. The fourth-order valence-electron chi connectivity index (χ4n) is 2.65. The maximum atomic E-state index is 13.0. The summed E-state index contributed by atoms with van der Waals surface area (Å²) in [6.07, 6.45) is 0.286. The van der Waals surface area contributed by atoms with E-state index in [4.69, 9.17) is 10.00 Å². The second kappa shape index (κ2) is 9.35. The standard InChI is InChI=1S/C20H23N3O4S/c1-4-23(28(25,26)19-13-15(2)5-10-18(19)27-3)14-20(24)22-17-8-6-16(7-9-17)11-12-21/h5-10,13H,4,11,14H2,1-3H3,(H,22,24). The van der Waals surface area contributed by atoms with E-state index >= 15 is 0 Å². The summed E-state index contributed by atoms with van der Waals surface area (Å²) in [6, 6.07) is 13.8. The summed E-state index contributed by atoms with van der Waals surface area (Å²) in [6.45, 7) is 3.27. The topological polar surface area (TPSA) is 99.5 Å². The minimum Gasteiger partial charge on any atom is -0.495 e. The van der Waals surface area contributed by atoms with E-state index in [-0.39, 0.29) is 30.2 Å². The Kier molecular flexibility index (Phi) is 7.15. The molecule has 8 heteroatoms. The summed E-state index contributed by atoms with van der Waals surface area (Å²) in [5, 5.41) is 11.4. The quantitative estimate of drug-likeness (QED) is 0.733. The molecule has 148 valence electrons. The number of hydrogen-bond acceptors (Lipinski definition) is 5. The highest BCUT2D eigenvalue weighted by atomic mass is 32.2. The SMILES string of the molecule is CCN(CC(=O)Nc1ccc(CC#N)cc1)S(=O)(=O)c1cc(C)ccc1OC. The van der Waals surface area contributed by atoms with Crippen LogP contribution in [0, 0.1) is 18.3 Å². The third-order valence-electron chi connectivity index (χ3n) is 4.13. The molecule has 1 N–H and O–H groups in total. The van der Waals surface area contributed by atoms with Gasteiger partial charge in [0.1, 0.15) is 10.6 Å². The number of carbonyl (C=O) groups excluding carboxylic acids is 1. The highest BCUT2D eigenvalue weighted by Crippen LogP contribution is 2.27. The Morgan fingerprint density at radius 2 is 1.89 bits per heavy atom. The first-order chi connectivity index (χ1) is 13.3. The molecule has 0 aromatic heterocycles. The van der Waals surface area contributed by atoms with Crippen LogP contribution in [0.15, 0.2) is 47.4 Å². The summed E-state index contributed by atoms with van der Waals surface area (Å²) in [5.41, 5.74) is 2.15. The Morgan fingerprint density at radius 3 is 2.46 bits per heavy atom. The number of nitriles is 1.